The van der Waals surface area contributed by atoms with Gasteiger partial charge in [-0.3, -0.25) is 0 Å². The summed E-state index contributed by atoms with van der Waals surface area (Å²) in [6.45, 7) is 0. The molecule has 0 saturated carbocycles. The predicted octanol–water partition coefficient (Wildman–Crippen LogP) is 4.65. The summed E-state index contributed by atoms with van der Waals surface area (Å²) in [6.07, 6.45) is 0.696. The summed E-state index contributed by atoms with van der Waals surface area (Å²) in [4.78, 5) is 1.10. The van der Waals surface area contributed by atoms with Crippen LogP contribution in [0.1, 0.15) is 11.3 Å². The Kier molecular flexibility index (Phi) is 3.52. The highest BCUT2D eigenvalue weighted by molar-refractivity contribution is 7.09. The zero-order valence-electron chi connectivity index (χ0n) is 12.3. The number of hydrogen-bond acceptors (Lipinski definition) is 4. The summed E-state index contributed by atoms with van der Waals surface area (Å²) < 4.78 is 4.13. The van der Waals surface area contributed by atoms with Crippen LogP contribution in [0.5, 0.6) is 5.75 Å². The van der Waals surface area contributed by atoms with Crippen LogP contribution in [0.3, 0.4) is 0 Å². The van der Waals surface area contributed by atoms with Gasteiger partial charge >= 0.3 is 0 Å². The van der Waals surface area contributed by atoms with E-state index in [0.29, 0.717) is 12.2 Å². The Bertz CT molecular complexity index is 963. The molecule has 0 amide bonds. The van der Waals surface area contributed by atoms with Gasteiger partial charge in [0.15, 0.2) is 0 Å². The summed E-state index contributed by atoms with van der Waals surface area (Å²) in [5.41, 5.74) is 3.25. The second kappa shape index (κ2) is 5.82. The third-order valence-corrected chi connectivity index (χ3v) is 4.76. The first-order valence-electron chi connectivity index (χ1n) is 7.39. The molecule has 0 unspecified atom stereocenters. The van der Waals surface area contributed by atoms with Gasteiger partial charge in [-0.15, -0.1) is 5.10 Å². The monoisotopic (exact) mass is 318 g/mol. The molecule has 3 aromatic carbocycles. The molecular weight excluding hydrogens is 304 g/mol. The summed E-state index contributed by atoms with van der Waals surface area (Å²) in [5, 5.41) is 16.3. The maximum atomic E-state index is 10.0. The van der Waals surface area contributed by atoms with Gasteiger partial charge in [-0.1, -0.05) is 65.2 Å². The topological polar surface area (TPSA) is 46.0 Å². The van der Waals surface area contributed by atoms with Crippen LogP contribution in [-0.4, -0.2) is 14.7 Å². The fourth-order valence-electron chi connectivity index (χ4n) is 2.81. The van der Waals surface area contributed by atoms with Crippen LogP contribution in [0.2, 0.25) is 0 Å². The minimum Gasteiger partial charge on any atom is -0.507 e. The second-order valence-electron chi connectivity index (χ2n) is 5.38. The number of fused-ring (bicyclic) bond motifs is 1. The van der Waals surface area contributed by atoms with Crippen molar-refractivity contribution in [2.75, 3.05) is 0 Å². The Hall–Kier alpha value is -2.72. The van der Waals surface area contributed by atoms with Crippen LogP contribution in [-0.2, 0) is 6.42 Å². The molecule has 0 spiro atoms. The number of phenolic OH excluding ortho intramolecular Hbond substituents is 1. The van der Waals surface area contributed by atoms with Gasteiger partial charge in [0, 0.05) is 11.8 Å². The highest BCUT2D eigenvalue weighted by Gasteiger charge is 2.13. The maximum Gasteiger partial charge on any atom is 0.123 e. The molecule has 0 saturated heterocycles. The maximum absolute atomic E-state index is 10.0. The van der Waals surface area contributed by atoms with E-state index in [1.807, 2.05) is 48.5 Å². The third kappa shape index (κ3) is 2.58. The largest absolute Gasteiger partial charge is 0.507 e. The van der Waals surface area contributed by atoms with Crippen molar-refractivity contribution in [1.82, 2.24) is 9.59 Å². The molecule has 112 valence electrons. The fraction of sp³-hybridized carbons (Fsp3) is 0.0526. The predicted molar refractivity (Wildman–Crippen MR) is 93.8 cm³/mol. The van der Waals surface area contributed by atoms with Crippen molar-refractivity contribution in [1.29, 1.82) is 0 Å². The highest BCUT2D eigenvalue weighted by atomic mass is 32.1. The van der Waals surface area contributed by atoms with Crippen LogP contribution in [0, 0.1) is 0 Å². The minimum atomic E-state index is 0.309. The van der Waals surface area contributed by atoms with E-state index in [2.05, 4.69) is 21.7 Å². The first kappa shape index (κ1) is 13.9. The van der Waals surface area contributed by atoms with E-state index in [0.717, 1.165) is 32.5 Å². The lowest BCUT2D eigenvalue weighted by Gasteiger charge is -2.08. The molecule has 0 atom stereocenters. The standard InChI is InChI=1S/C19H14N2OS/c22-18-11-10-14(15-8-4-5-9-16(15)18)12-17-19(23-21-20-17)13-6-2-1-3-7-13/h1-11,22H,12H2. The van der Waals surface area contributed by atoms with Crippen LogP contribution < -0.4 is 0 Å². The number of benzene rings is 3. The van der Waals surface area contributed by atoms with Crippen molar-refractivity contribution >= 4 is 22.3 Å². The lowest BCUT2D eigenvalue weighted by Crippen LogP contribution is -1.93. The summed E-state index contributed by atoms with van der Waals surface area (Å²) in [6, 6.07) is 21.8. The Morgan fingerprint density at radius 3 is 2.39 bits per heavy atom. The molecule has 3 nitrogen and oxygen atoms in total. The van der Waals surface area contributed by atoms with Crippen molar-refractivity contribution in [2.45, 2.75) is 6.42 Å². The number of phenols is 1. The molecule has 0 aliphatic rings. The number of aromatic nitrogens is 2. The molecule has 0 radical (unpaired) electrons. The Morgan fingerprint density at radius 1 is 0.826 bits per heavy atom. The third-order valence-electron chi connectivity index (χ3n) is 3.94. The molecule has 23 heavy (non-hydrogen) atoms. The smallest absolute Gasteiger partial charge is 0.123 e. The normalized spacial score (nSPS) is 11.0. The van der Waals surface area contributed by atoms with E-state index in [9.17, 15) is 5.11 Å². The van der Waals surface area contributed by atoms with Gasteiger partial charge < -0.3 is 5.11 Å². The van der Waals surface area contributed by atoms with E-state index < -0.39 is 0 Å². The van der Waals surface area contributed by atoms with E-state index >= 15 is 0 Å². The molecule has 4 aromatic rings. The Labute approximate surface area is 138 Å². The van der Waals surface area contributed by atoms with Gasteiger partial charge in [0.05, 0.1) is 10.6 Å². The van der Waals surface area contributed by atoms with Crippen molar-refractivity contribution in [3.63, 3.8) is 0 Å². The average Bonchev–Trinajstić information content (AvgIpc) is 3.07. The summed E-state index contributed by atoms with van der Waals surface area (Å²) in [7, 11) is 0. The Morgan fingerprint density at radius 2 is 1.57 bits per heavy atom. The number of rotatable bonds is 3. The van der Waals surface area contributed by atoms with Crippen LogP contribution in [0.25, 0.3) is 21.2 Å². The SMILES string of the molecule is Oc1ccc(Cc2nnsc2-c2ccccc2)c2ccccc12. The number of hydrogen-bond donors (Lipinski definition) is 1. The first-order chi connectivity index (χ1) is 11.3. The van der Waals surface area contributed by atoms with Gasteiger partial charge in [-0.05, 0) is 34.1 Å². The fourth-order valence-corrected chi connectivity index (χ4v) is 3.49. The molecule has 1 aromatic heterocycles. The van der Waals surface area contributed by atoms with E-state index in [1.165, 1.54) is 11.5 Å². The Balaban J connectivity index is 1.79. The van der Waals surface area contributed by atoms with E-state index in [4.69, 9.17) is 0 Å². The van der Waals surface area contributed by atoms with Gasteiger partial charge in [-0.25, -0.2) is 0 Å². The average molecular weight is 318 g/mol. The zero-order valence-corrected chi connectivity index (χ0v) is 13.1. The van der Waals surface area contributed by atoms with Crippen LogP contribution in [0.15, 0.2) is 66.7 Å². The minimum absolute atomic E-state index is 0.309. The molecule has 4 heteroatoms. The second-order valence-corrected chi connectivity index (χ2v) is 6.14. The van der Waals surface area contributed by atoms with Gasteiger partial charge in [0.1, 0.15) is 5.75 Å². The van der Waals surface area contributed by atoms with Crippen molar-refractivity contribution in [3.8, 4) is 16.2 Å². The van der Waals surface area contributed by atoms with E-state index in [-0.39, 0.29) is 0 Å². The summed E-state index contributed by atoms with van der Waals surface area (Å²) >= 11 is 1.42. The van der Waals surface area contributed by atoms with Crippen LogP contribution in [0.4, 0.5) is 0 Å². The number of aromatic hydroxyl groups is 1. The van der Waals surface area contributed by atoms with E-state index in [1.54, 1.807) is 6.07 Å². The quantitative estimate of drug-likeness (QED) is 0.598. The van der Waals surface area contributed by atoms with Crippen molar-refractivity contribution < 1.29 is 5.11 Å². The number of nitrogens with zero attached hydrogens (tertiary/aromatic N) is 2. The van der Waals surface area contributed by atoms with Gasteiger partial charge in [0.2, 0.25) is 0 Å². The lowest BCUT2D eigenvalue weighted by atomic mass is 9.99. The molecule has 4 rings (SSSR count). The van der Waals surface area contributed by atoms with Crippen molar-refractivity contribution in [2.24, 2.45) is 0 Å². The molecule has 1 N–H and O–H groups in total. The summed E-state index contributed by atoms with van der Waals surface area (Å²) in [5.74, 6) is 0.309. The molecule has 0 bridgehead atoms. The molecule has 1 heterocycles. The molecule has 0 fully saturated rings. The first-order valence-corrected chi connectivity index (χ1v) is 8.16. The van der Waals surface area contributed by atoms with Crippen molar-refractivity contribution in [3.05, 3.63) is 78.0 Å². The highest BCUT2D eigenvalue weighted by Crippen LogP contribution is 2.32. The molecule has 0 aliphatic carbocycles. The molecule has 0 aliphatic heterocycles. The van der Waals surface area contributed by atoms with Gasteiger partial charge in [-0.2, -0.15) is 0 Å². The molecular formula is C19H14N2OS. The van der Waals surface area contributed by atoms with Crippen LogP contribution >= 0.6 is 11.5 Å². The zero-order chi connectivity index (χ0) is 15.6. The van der Waals surface area contributed by atoms with Gasteiger partial charge in [0.25, 0.3) is 0 Å². The lowest BCUT2D eigenvalue weighted by molar-refractivity contribution is 0.481.